The van der Waals surface area contributed by atoms with Gasteiger partial charge in [0.1, 0.15) is 11.8 Å². The molecule has 2 aromatic heterocycles. The maximum Gasteiger partial charge on any atom is 0.225 e. The van der Waals surface area contributed by atoms with Crippen LogP contribution in [0.1, 0.15) is 17.2 Å². The van der Waals surface area contributed by atoms with Gasteiger partial charge in [0.25, 0.3) is 0 Å². The van der Waals surface area contributed by atoms with E-state index in [9.17, 15) is 0 Å². The highest BCUT2D eigenvalue weighted by Gasteiger charge is 2.33. The van der Waals surface area contributed by atoms with Gasteiger partial charge in [-0.1, -0.05) is 23.2 Å². The number of benzene rings is 1. The van der Waals surface area contributed by atoms with Gasteiger partial charge in [-0.15, -0.1) is 0 Å². The molecule has 0 radical (unpaired) electrons. The van der Waals surface area contributed by atoms with Crippen LogP contribution in [0.25, 0.3) is 10.9 Å². The zero-order valence-electron chi connectivity index (χ0n) is 16.0. The Morgan fingerprint density at radius 1 is 1.20 bits per heavy atom. The lowest BCUT2D eigenvalue weighted by Crippen LogP contribution is -2.35. The maximum absolute atomic E-state index is 9.05. The fourth-order valence-electron chi connectivity index (χ4n) is 4.38. The molecule has 30 heavy (non-hydrogen) atoms. The average Bonchev–Trinajstić information content (AvgIpc) is 3.41. The number of fused-ring (bicyclic) bond motifs is 3. The van der Waals surface area contributed by atoms with Crippen LogP contribution in [-0.2, 0) is 13.1 Å². The van der Waals surface area contributed by atoms with Crippen molar-refractivity contribution in [3.8, 4) is 11.8 Å². The molecule has 1 fully saturated rings. The number of hydrazine groups is 1. The lowest BCUT2D eigenvalue weighted by Gasteiger charge is -2.30. The van der Waals surface area contributed by atoms with Crippen molar-refractivity contribution in [1.29, 1.82) is 5.26 Å². The Hall–Kier alpha value is -2.57. The fourth-order valence-corrected chi connectivity index (χ4v) is 4.82. The molecule has 2 aliphatic rings. The molecular formula is C20H19Cl2N7O. The first-order valence-corrected chi connectivity index (χ1v) is 10.4. The molecule has 2 N–H and O–H groups in total. The molecule has 8 nitrogen and oxygen atoms in total. The Labute approximate surface area is 183 Å². The monoisotopic (exact) mass is 443 g/mol. The first kappa shape index (κ1) is 19.4. The molecule has 2 aliphatic heterocycles. The van der Waals surface area contributed by atoms with Gasteiger partial charge in [-0.2, -0.15) is 5.26 Å². The molecule has 0 spiro atoms. The van der Waals surface area contributed by atoms with E-state index in [4.69, 9.17) is 33.2 Å². The highest BCUT2D eigenvalue weighted by Crippen LogP contribution is 2.46. The van der Waals surface area contributed by atoms with Crippen molar-refractivity contribution in [2.45, 2.75) is 19.0 Å². The number of halogens is 2. The minimum atomic E-state index is -0.0574. The minimum Gasteiger partial charge on any atom is -0.478 e. The zero-order chi connectivity index (χ0) is 20.7. The van der Waals surface area contributed by atoms with Gasteiger partial charge in [-0.3, -0.25) is 10.9 Å². The van der Waals surface area contributed by atoms with Gasteiger partial charge < -0.3 is 14.2 Å². The van der Waals surface area contributed by atoms with Crippen molar-refractivity contribution in [1.82, 2.24) is 25.4 Å². The first-order chi connectivity index (χ1) is 14.7. The van der Waals surface area contributed by atoms with Crippen LogP contribution in [0.2, 0.25) is 10.0 Å². The molecule has 10 heteroatoms. The van der Waals surface area contributed by atoms with Crippen LogP contribution < -0.4 is 20.5 Å². The van der Waals surface area contributed by atoms with Crippen molar-refractivity contribution in [3.63, 3.8) is 0 Å². The molecule has 0 saturated carbocycles. The van der Waals surface area contributed by atoms with Gasteiger partial charge in [-0.05, 0) is 11.6 Å². The summed E-state index contributed by atoms with van der Waals surface area (Å²) in [4.78, 5) is 11.0. The summed E-state index contributed by atoms with van der Waals surface area (Å²) in [6.45, 7) is 3.63. The largest absolute Gasteiger partial charge is 0.478 e. The molecule has 1 aromatic carbocycles. The number of rotatable bonds is 4. The van der Waals surface area contributed by atoms with E-state index in [0.717, 1.165) is 48.3 Å². The number of nitrogens with zero attached hydrogens (tertiary/aromatic N) is 5. The second-order valence-corrected chi connectivity index (χ2v) is 8.07. The van der Waals surface area contributed by atoms with Crippen molar-refractivity contribution in [2.24, 2.45) is 0 Å². The fraction of sp³-hybridized carbons (Fsp3) is 0.350. The van der Waals surface area contributed by atoms with Gasteiger partial charge in [0.2, 0.25) is 5.95 Å². The molecule has 154 valence electrons. The van der Waals surface area contributed by atoms with E-state index >= 15 is 0 Å². The zero-order valence-corrected chi connectivity index (χ0v) is 17.5. The third kappa shape index (κ3) is 3.15. The van der Waals surface area contributed by atoms with Crippen LogP contribution in [0, 0.1) is 11.3 Å². The number of hydrogen-bond donors (Lipinski definition) is 2. The Morgan fingerprint density at radius 2 is 1.97 bits per heavy atom. The van der Waals surface area contributed by atoms with E-state index in [0.29, 0.717) is 28.3 Å². The summed E-state index contributed by atoms with van der Waals surface area (Å²) in [7, 11) is 0. The number of aromatic nitrogens is 3. The van der Waals surface area contributed by atoms with Crippen molar-refractivity contribution < 1.29 is 4.74 Å². The standard InChI is InChI=1S/C20H19Cl2N7O/c21-13-8-15(30-7-2-23)17-16(12-9-26-27-10-12)14-11-28(20-24-3-1-4-25-20)5-6-29(14)19(17)18(13)22/h1,3-4,8,12,26-27H,5-7,9-11H2. The van der Waals surface area contributed by atoms with Crippen molar-refractivity contribution in [3.05, 3.63) is 45.8 Å². The second-order valence-electron chi connectivity index (χ2n) is 7.28. The minimum absolute atomic E-state index is 0.0574. The summed E-state index contributed by atoms with van der Waals surface area (Å²) in [6.07, 6.45) is 3.51. The van der Waals surface area contributed by atoms with Gasteiger partial charge >= 0.3 is 0 Å². The van der Waals surface area contributed by atoms with E-state index < -0.39 is 0 Å². The Kier molecular flexibility index (Phi) is 5.13. The topological polar surface area (TPSA) is 91.0 Å². The third-order valence-electron chi connectivity index (χ3n) is 5.63. The second kappa shape index (κ2) is 7.93. The first-order valence-electron chi connectivity index (χ1n) is 9.69. The number of anilines is 1. The number of nitrogens with one attached hydrogen (secondary N) is 2. The molecule has 3 aromatic rings. The highest BCUT2D eigenvalue weighted by atomic mass is 35.5. The quantitative estimate of drug-likeness (QED) is 0.640. The average molecular weight is 444 g/mol. The van der Waals surface area contributed by atoms with Crippen LogP contribution >= 0.6 is 23.2 Å². The molecule has 1 saturated heterocycles. The van der Waals surface area contributed by atoms with Gasteiger partial charge in [0.15, 0.2) is 6.61 Å². The summed E-state index contributed by atoms with van der Waals surface area (Å²) in [5, 5.41) is 10.9. The summed E-state index contributed by atoms with van der Waals surface area (Å²) in [5.41, 5.74) is 9.60. The molecule has 0 atom stereocenters. The Bertz CT molecular complexity index is 1140. The van der Waals surface area contributed by atoms with Gasteiger partial charge in [-0.25, -0.2) is 9.97 Å². The Morgan fingerprint density at radius 3 is 2.70 bits per heavy atom. The molecule has 4 heterocycles. The predicted octanol–water partition coefficient (Wildman–Crippen LogP) is 2.85. The van der Waals surface area contributed by atoms with E-state index in [-0.39, 0.29) is 12.5 Å². The lowest BCUT2D eigenvalue weighted by atomic mass is 9.95. The molecule has 0 amide bonds. The third-order valence-corrected chi connectivity index (χ3v) is 6.40. The normalized spacial score (nSPS) is 16.6. The smallest absolute Gasteiger partial charge is 0.225 e. The van der Waals surface area contributed by atoms with Crippen LogP contribution in [0.3, 0.4) is 0 Å². The number of nitriles is 1. The summed E-state index contributed by atoms with van der Waals surface area (Å²) < 4.78 is 8.03. The molecule has 5 rings (SSSR count). The van der Waals surface area contributed by atoms with E-state index in [2.05, 4.69) is 30.3 Å². The molecular weight excluding hydrogens is 425 g/mol. The summed E-state index contributed by atoms with van der Waals surface area (Å²) in [6, 6.07) is 5.57. The number of hydrogen-bond acceptors (Lipinski definition) is 7. The van der Waals surface area contributed by atoms with Gasteiger partial charge in [0.05, 0.1) is 22.1 Å². The van der Waals surface area contributed by atoms with E-state index in [1.165, 1.54) is 0 Å². The summed E-state index contributed by atoms with van der Waals surface area (Å²) >= 11 is 13.1. The number of ether oxygens (including phenoxy) is 1. The van der Waals surface area contributed by atoms with Crippen LogP contribution in [0.4, 0.5) is 5.95 Å². The van der Waals surface area contributed by atoms with Crippen molar-refractivity contribution in [2.75, 3.05) is 31.1 Å². The molecule has 0 bridgehead atoms. The maximum atomic E-state index is 9.05. The lowest BCUT2D eigenvalue weighted by molar-refractivity contribution is 0.372. The van der Waals surface area contributed by atoms with E-state index in [1.54, 1.807) is 18.5 Å². The molecule has 0 unspecified atom stereocenters. The SMILES string of the molecule is N#CCOc1cc(Cl)c(Cl)c2c1c(C1CNNC1)c1n2CCN(c2ncccn2)C1. The van der Waals surface area contributed by atoms with Crippen LogP contribution in [-0.4, -0.2) is 40.8 Å². The van der Waals surface area contributed by atoms with Crippen LogP contribution in [0.5, 0.6) is 5.75 Å². The predicted molar refractivity (Wildman–Crippen MR) is 115 cm³/mol. The van der Waals surface area contributed by atoms with Gasteiger partial charge in [0, 0.05) is 61.6 Å². The Balaban J connectivity index is 1.73. The summed E-state index contributed by atoms with van der Waals surface area (Å²) in [5.74, 6) is 1.52. The molecule has 0 aliphatic carbocycles. The van der Waals surface area contributed by atoms with Crippen LogP contribution in [0.15, 0.2) is 24.5 Å². The van der Waals surface area contributed by atoms with Crippen molar-refractivity contribution >= 4 is 40.1 Å². The highest BCUT2D eigenvalue weighted by molar-refractivity contribution is 6.45. The van der Waals surface area contributed by atoms with E-state index in [1.807, 2.05) is 12.1 Å².